The summed E-state index contributed by atoms with van der Waals surface area (Å²) in [6, 6.07) is 10.4. The van der Waals surface area contributed by atoms with E-state index in [-0.39, 0.29) is 5.60 Å². The van der Waals surface area contributed by atoms with E-state index in [0.29, 0.717) is 0 Å². The number of hydrogen-bond acceptors (Lipinski definition) is 2. The van der Waals surface area contributed by atoms with E-state index >= 15 is 0 Å². The molecule has 0 radical (unpaired) electrons. The van der Waals surface area contributed by atoms with E-state index in [1.807, 2.05) is 17.8 Å². The smallest absolute Gasteiger partial charge is 0.0748 e. The molecule has 1 N–H and O–H groups in total. The number of aliphatic hydroxyl groups is 1. The van der Waals surface area contributed by atoms with E-state index in [0.717, 1.165) is 30.8 Å². The normalized spacial score (nSPS) is 26.6. The van der Waals surface area contributed by atoms with Crippen LogP contribution in [0.4, 0.5) is 0 Å². The monoisotopic (exact) mass is 208 g/mol. The third kappa shape index (κ3) is 2.52. The molecule has 0 aliphatic carbocycles. The molecule has 1 aromatic carbocycles. The van der Waals surface area contributed by atoms with Crippen molar-refractivity contribution in [3.63, 3.8) is 0 Å². The average molecular weight is 208 g/mol. The second-order valence-electron chi connectivity index (χ2n) is 4.01. The standard InChI is InChI=1S/C12H16OS/c13-12(8-9-14-10-12)7-6-11-4-2-1-3-5-11/h1-5,13H,6-10H2. The van der Waals surface area contributed by atoms with Crippen LogP contribution in [0.15, 0.2) is 30.3 Å². The van der Waals surface area contributed by atoms with Crippen molar-refractivity contribution in [1.29, 1.82) is 0 Å². The van der Waals surface area contributed by atoms with Gasteiger partial charge >= 0.3 is 0 Å². The maximum absolute atomic E-state index is 10.1. The fraction of sp³-hybridized carbons (Fsp3) is 0.500. The van der Waals surface area contributed by atoms with Crippen LogP contribution in [-0.2, 0) is 6.42 Å². The van der Waals surface area contributed by atoms with Gasteiger partial charge in [0.25, 0.3) is 0 Å². The molecule has 1 aliphatic rings. The molecule has 1 heterocycles. The second kappa shape index (κ2) is 4.37. The van der Waals surface area contributed by atoms with Crippen LogP contribution in [0.5, 0.6) is 0 Å². The minimum absolute atomic E-state index is 0.388. The predicted octanol–water partition coefficient (Wildman–Crippen LogP) is 2.49. The fourth-order valence-electron chi connectivity index (χ4n) is 1.82. The van der Waals surface area contributed by atoms with Crippen molar-refractivity contribution in [2.75, 3.05) is 11.5 Å². The van der Waals surface area contributed by atoms with E-state index in [4.69, 9.17) is 0 Å². The number of aryl methyl sites for hydroxylation is 1. The van der Waals surface area contributed by atoms with E-state index in [9.17, 15) is 5.11 Å². The Balaban J connectivity index is 1.88. The molecular formula is C12H16OS. The van der Waals surface area contributed by atoms with Crippen LogP contribution in [0, 0.1) is 0 Å². The Morgan fingerprint density at radius 3 is 2.71 bits per heavy atom. The van der Waals surface area contributed by atoms with Gasteiger partial charge in [-0.2, -0.15) is 11.8 Å². The Labute approximate surface area is 89.5 Å². The third-order valence-electron chi connectivity index (χ3n) is 2.80. The van der Waals surface area contributed by atoms with Gasteiger partial charge in [0.1, 0.15) is 0 Å². The zero-order valence-electron chi connectivity index (χ0n) is 8.28. The van der Waals surface area contributed by atoms with Gasteiger partial charge < -0.3 is 5.11 Å². The van der Waals surface area contributed by atoms with Crippen molar-refractivity contribution in [1.82, 2.24) is 0 Å². The molecule has 0 spiro atoms. The molecule has 1 unspecified atom stereocenters. The lowest BCUT2D eigenvalue weighted by Gasteiger charge is -2.20. The molecule has 0 aromatic heterocycles. The van der Waals surface area contributed by atoms with Crippen LogP contribution < -0.4 is 0 Å². The first-order valence-corrected chi connectivity index (χ1v) is 6.28. The van der Waals surface area contributed by atoms with Crippen LogP contribution in [0.1, 0.15) is 18.4 Å². The van der Waals surface area contributed by atoms with Gasteiger partial charge in [-0.05, 0) is 30.6 Å². The maximum Gasteiger partial charge on any atom is 0.0748 e. The van der Waals surface area contributed by atoms with Crippen LogP contribution in [0.3, 0.4) is 0 Å². The highest BCUT2D eigenvalue weighted by molar-refractivity contribution is 7.99. The van der Waals surface area contributed by atoms with Crippen LogP contribution in [0.25, 0.3) is 0 Å². The number of benzene rings is 1. The van der Waals surface area contributed by atoms with Gasteiger partial charge in [0.15, 0.2) is 0 Å². The lowest BCUT2D eigenvalue weighted by Crippen LogP contribution is -2.28. The first kappa shape index (κ1) is 10.1. The molecule has 1 aromatic rings. The molecule has 14 heavy (non-hydrogen) atoms. The van der Waals surface area contributed by atoms with Crippen molar-refractivity contribution in [3.05, 3.63) is 35.9 Å². The Kier molecular flexibility index (Phi) is 3.14. The minimum Gasteiger partial charge on any atom is -0.389 e. The van der Waals surface area contributed by atoms with Crippen LogP contribution >= 0.6 is 11.8 Å². The maximum atomic E-state index is 10.1. The molecule has 0 bridgehead atoms. The number of thioether (sulfide) groups is 1. The average Bonchev–Trinajstić information content (AvgIpc) is 2.65. The van der Waals surface area contributed by atoms with Gasteiger partial charge in [-0.25, -0.2) is 0 Å². The Bertz CT molecular complexity index is 278. The molecule has 76 valence electrons. The second-order valence-corrected chi connectivity index (χ2v) is 5.12. The third-order valence-corrected chi connectivity index (χ3v) is 4.04. The van der Waals surface area contributed by atoms with Crippen molar-refractivity contribution in [3.8, 4) is 0 Å². The van der Waals surface area contributed by atoms with Gasteiger partial charge in [-0.3, -0.25) is 0 Å². The molecule has 1 fully saturated rings. The van der Waals surface area contributed by atoms with Gasteiger partial charge in [-0.1, -0.05) is 30.3 Å². The summed E-state index contributed by atoms with van der Waals surface area (Å²) in [5, 5.41) is 10.1. The predicted molar refractivity (Wildman–Crippen MR) is 61.7 cm³/mol. The summed E-state index contributed by atoms with van der Waals surface area (Å²) in [6.45, 7) is 0. The van der Waals surface area contributed by atoms with Gasteiger partial charge in [0.2, 0.25) is 0 Å². The molecule has 0 amide bonds. The molecule has 1 atom stereocenters. The fourth-order valence-corrected chi connectivity index (χ4v) is 3.15. The highest BCUT2D eigenvalue weighted by Crippen LogP contribution is 2.31. The summed E-state index contributed by atoms with van der Waals surface area (Å²) >= 11 is 1.87. The summed E-state index contributed by atoms with van der Waals surface area (Å²) in [4.78, 5) is 0. The van der Waals surface area contributed by atoms with Crippen molar-refractivity contribution in [2.24, 2.45) is 0 Å². The van der Waals surface area contributed by atoms with Crippen molar-refractivity contribution in [2.45, 2.75) is 24.9 Å². The molecule has 2 rings (SSSR count). The molecule has 0 saturated carbocycles. The Morgan fingerprint density at radius 1 is 1.29 bits per heavy atom. The van der Waals surface area contributed by atoms with E-state index in [2.05, 4.69) is 24.3 Å². The SMILES string of the molecule is OC1(CCc2ccccc2)CCSC1. The zero-order chi connectivity index (χ0) is 9.86. The van der Waals surface area contributed by atoms with Gasteiger partial charge in [-0.15, -0.1) is 0 Å². The first-order valence-electron chi connectivity index (χ1n) is 5.13. The first-order chi connectivity index (χ1) is 6.79. The summed E-state index contributed by atoms with van der Waals surface area (Å²) in [7, 11) is 0. The number of hydrogen-bond donors (Lipinski definition) is 1. The quantitative estimate of drug-likeness (QED) is 0.823. The van der Waals surface area contributed by atoms with E-state index in [1.54, 1.807) is 0 Å². The summed E-state index contributed by atoms with van der Waals surface area (Å²) in [6.07, 6.45) is 2.87. The summed E-state index contributed by atoms with van der Waals surface area (Å²) < 4.78 is 0. The Hall–Kier alpha value is -0.470. The van der Waals surface area contributed by atoms with Gasteiger partial charge in [0.05, 0.1) is 5.60 Å². The number of rotatable bonds is 3. The summed E-state index contributed by atoms with van der Waals surface area (Å²) in [5.41, 5.74) is 0.943. The Morgan fingerprint density at radius 2 is 2.07 bits per heavy atom. The van der Waals surface area contributed by atoms with Crippen molar-refractivity contribution < 1.29 is 5.11 Å². The highest BCUT2D eigenvalue weighted by atomic mass is 32.2. The van der Waals surface area contributed by atoms with Gasteiger partial charge in [0, 0.05) is 5.75 Å². The lowest BCUT2D eigenvalue weighted by atomic mass is 9.94. The molecule has 1 aliphatic heterocycles. The van der Waals surface area contributed by atoms with Crippen LogP contribution in [0.2, 0.25) is 0 Å². The largest absolute Gasteiger partial charge is 0.389 e. The van der Waals surface area contributed by atoms with E-state index in [1.165, 1.54) is 5.56 Å². The van der Waals surface area contributed by atoms with Crippen LogP contribution in [-0.4, -0.2) is 22.2 Å². The molecule has 2 heteroatoms. The van der Waals surface area contributed by atoms with E-state index < -0.39 is 0 Å². The highest BCUT2D eigenvalue weighted by Gasteiger charge is 2.30. The lowest BCUT2D eigenvalue weighted by molar-refractivity contribution is 0.0593. The molecule has 1 saturated heterocycles. The molecule has 1 nitrogen and oxygen atoms in total. The van der Waals surface area contributed by atoms with Crippen molar-refractivity contribution >= 4 is 11.8 Å². The topological polar surface area (TPSA) is 20.2 Å². The summed E-state index contributed by atoms with van der Waals surface area (Å²) in [5.74, 6) is 2.03. The minimum atomic E-state index is -0.388. The zero-order valence-corrected chi connectivity index (χ0v) is 9.09. The molecular weight excluding hydrogens is 192 g/mol.